The standard InChI is InChI=1S/C16H13ClFN3O3S3/c17-13-5-6-14(26-13)27(23,24)21-7-1-2-11(21)15(22)20-16-19-10-4-3-9(18)8-12(10)25-16/h3-6,8,11H,1-2,7H2,(H,19,20,22). The molecule has 1 aliphatic rings. The summed E-state index contributed by atoms with van der Waals surface area (Å²) in [5, 5.41) is 2.98. The maximum Gasteiger partial charge on any atom is 0.253 e. The molecule has 6 nitrogen and oxygen atoms in total. The van der Waals surface area contributed by atoms with Gasteiger partial charge in [-0.2, -0.15) is 4.31 Å². The van der Waals surface area contributed by atoms with Crippen molar-refractivity contribution in [3.05, 3.63) is 40.5 Å². The van der Waals surface area contributed by atoms with Gasteiger partial charge in [-0.25, -0.2) is 17.8 Å². The van der Waals surface area contributed by atoms with E-state index in [9.17, 15) is 17.6 Å². The van der Waals surface area contributed by atoms with E-state index in [1.165, 1.54) is 34.6 Å². The molecule has 1 amide bonds. The summed E-state index contributed by atoms with van der Waals surface area (Å²) in [6, 6.07) is 6.31. The Morgan fingerprint density at radius 3 is 2.85 bits per heavy atom. The number of sulfonamides is 1. The van der Waals surface area contributed by atoms with Crippen molar-refractivity contribution < 1.29 is 17.6 Å². The largest absolute Gasteiger partial charge is 0.301 e. The summed E-state index contributed by atoms with van der Waals surface area (Å²) >= 11 is 7.95. The molecule has 3 aromatic rings. The lowest BCUT2D eigenvalue weighted by Crippen LogP contribution is -2.42. The number of rotatable bonds is 4. The van der Waals surface area contributed by atoms with Gasteiger partial charge in [0.25, 0.3) is 10.0 Å². The number of thiophene rings is 1. The molecule has 1 aromatic carbocycles. The van der Waals surface area contributed by atoms with Crippen molar-refractivity contribution in [2.24, 2.45) is 0 Å². The number of anilines is 1. The average molecular weight is 446 g/mol. The Hall–Kier alpha value is -1.59. The second-order valence-corrected chi connectivity index (χ2v) is 10.8. The fraction of sp³-hybridized carbons (Fsp3) is 0.250. The highest BCUT2D eigenvalue weighted by molar-refractivity contribution is 7.91. The van der Waals surface area contributed by atoms with Gasteiger partial charge in [0.05, 0.1) is 14.6 Å². The van der Waals surface area contributed by atoms with E-state index >= 15 is 0 Å². The first kappa shape index (κ1) is 18.8. The Bertz CT molecular complexity index is 1130. The van der Waals surface area contributed by atoms with Gasteiger partial charge < -0.3 is 5.32 Å². The fourth-order valence-corrected chi connectivity index (χ4v) is 7.14. The van der Waals surface area contributed by atoms with Gasteiger partial charge in [-0.3, -0.25) is 4.79 Å². The normalized spacial score (nSPS) is 18.2. The van der Waals surface area contributed by atoms with E-state index in [4.69, 9.17) is 11.6 Å². The van der Waals surface area contributed by atoms with Crippen LogP contribution in [0.4, 0.5) is 9.52 Å². The maximum atomic E-state index is 13.3. The molecule has 0 saturated carbocycles. The predicted molar refractivity (Wildman–Crippen MR) is 104 cm³/mol. The van der Waals surface area contributed by atoms with E-state index in [0.717, 1.165) is 22.7 Å². The van der Waals surface area contributed by atoms with Crippen LogP contribution in [0.1, 0.15) is 12.8 Å². The third-order valence-electron chi connectivity index (χ3n) is 4.20. The number of nitrogens with zero attached hydrogens (tertiary/aromatic N) is 2. The van der Waals surface area contributed by atoms with Gasteiger partial charge in [-0.05, 0) is 43.2 Å². The van der Waals surface area contributed by atoms with Crippen LogP contribution >= 0.6 is 34.3 Å². The molecule has 0 spiro atoms. The van der Waals surface area contributed by atoms with Crippen LogP contribution in [-0.4, -0.2) is 36.2 Å². The number of hydrogen-bond acceptors (Lipinski definition) is 6. The van der Waals surface area contributed by atoms with Gasteiger partial charge >= 0.3 is 0 Å². The van der Waals surface area contributed by atoms with Crippen molar-refractivity contribution in [3.63, 3.8) is 0 Å². The van der Waals surface area contributed by atoms with Gasteiger partial charge in [0.2, 0.25) is 5.91 Å². The SMILES string of the molecule is O=C(Nc1nc2ccc(F)cc2s1)C1CCCN1S(=O)(=O)c1ccc(Cl)s1. The Labute approximate surface area is 167 Å². The number of halogens is 2. The van der Waals surface area contributed by atoms with Crippen LogP contribution in [0.2, 0.25) is 4.34 Å². The number of aromatic nitrogens is 1. The van der Waals surface area contributed by atoms with Crippen molar-refractivity contribution in [2.75, 3.05) is 11.9 Å². The second-order valence-electron chi connectivity index (χ2n) is 5.95. The first-order valence-electron chi connectivity index (χ1n) is 7.99. The Balaban J connectivity index is 1.56. The van der Waals surface area contributed by atoms with Crippen molar-refractivity contribution in [2.45, 2.75) is 23.1 Å². The molecule has 0 radical (unpaired) electrons. The van der Waals surface area contributed by atoms with Gasteiger partial charge in [0, 0.05) is 6.54 Å². The Morgan fingerprint density at radius 2 is 2.11 bits per heavy atom. The third-order valence-corrected chi connectivity index (χ3v) is 8.74. The molecule has 1 saturated heterocycles. The van der Waals surface area contributed by atoms with E-state index < -0.39 is 22.0 Å². The summed E-state index contributed by atoms with van der Waals surface area (Å²) in [4.78, 5) is 17.0. The highest BCUT2D eigenvalue weighted by Crippen LogP contribution is 2.33. The number of benzene rings is 1. The van der Waals surface area contributed by atoms with Crippen LogP contribution in [0.5, 0.6) is 0 Å². The smallest absolute Gasteiger partial charge is 0.253 e. The zero-order chi connectivity index (χ0) is 19.2. The lowest BCUT2D eigenvalue weighted by Gasteiger charge is -2.22. The minimum Gasteiger partial charge on any atom is -0.301 e. The van der Waals surface area contributed by atoms with Crippen LogP contribution < -0.4 is 5.32 Å². The van der Waals surface area contributed by atoms with Crippen molar-refractivity contribution >= 4 is 65.6 Å². The first-order valence-corrected chi connectivity index (χ1v) is 11.4. The number of thiazole rings is 1. The minimum atomic E-state index is -3.79. The molecule has 11 heteroatoms. The van der Waals surface area contributed by atoms with E-state index in [1.54, 1.807) is 0 Å². The molecular weight excluding hydrogens is 433 g/mol. The van der Waals surface area contributed by atoms with E-state index in [1.807, 2.05) is 0 Å². The number of fused-ring (bicyclic) bond motifs is 1. The predicted octanol–water partition coefficient (Wildman–Crippen LogP) is 3.94. The van der Waals surface area contributed by atoms with E-state index in [2.05, 4.69) is 10.3 Å². The van der Waals surface area contributed by atoms with Gasteiger partial charge in [0.15, 0.2) is 5.13 Å². The summed E-state index contributed by atoms with van der Waals surface area (Å²) in [5.74, 6) is -0.829. The zero-order valence-electron chi connectivity index (χ0n) is 13.7. The summed E-state index contributed by atoms with van der Waals surface area (Å²) < 4.78 is 41.3. The molecule has 0 aliphatic carbocycles. The number of nitrogens with one attached hydrogen (secondary N) is 1. The lowest BCUT2D eigenvalue weighted by molar-refractivity contribution is -0.119. The quantitative estimate of drug-likeness (QED) is 0.659. The summed E-state index contributed by atoms with van der Waals surface area (Å²) in [6.07, 6.45) is 1.01. The highest BCUT2D eigenvalue weighted by atomic mass is 35.5. The third kappa shape index (κ3) is 3.59. The number of carbonyl (C=O) groups excluding carboxylic acids is 1. The van der Waals surface area contributed by atoms with Crippen LogP contribution in [0.15, 0.2) is 34.5 Å². The summed E-state index contributed by atoms with van der Waals surface area (Å²) in [5.41, 5.74) is 0.570. The van der Waals surface area contributed by atoms with Crippen LogP contribution in [0.25, 0.3) is 10.2 Å². The lowest BCUT2D eigenvalue weighted by atomic mass is 10.2. The number of amides is 1. The molecule has 1 atom stereocenters. The second kappa shape index (κ2) is 7.10. The van der Waals surface area contributed by atoms with Gasteiger partial charge in [0.1, 0.15) is 16.1 Å². The van der Waals surface area contributed by atoms with Gasteiger partial charge in [-0.15, -0.1) is 11.3 Å². The molecule has 3 heterocycles. The average Bonchev–Trinajstić information content (AvgIpc) is 3.32. The van der Waals surface area contributed by atoms with Crippen molar-refractivity contribution in [3.8, 4) is 0 Å². The Kier molecular flexibility index (Phi) is 4.93. The molecular formula is C16H13ClFN3O3S3. The molecule has 0 bridgehead atoms. The summed E-state index contributed by atoms with van der Waals surface area (Å²) in [6.45, 7) is 0.265. The maximum absolute atomic E-state index is 13.3. The van der Waals surface area contributed by atoms with E-state index in [-0.39, 0.29) is 16.6 Å². The molecule has 1 fully saturated rings. The minimum absolute atomic E-state index is 0.114. The Morgan fingerprint density at radius 1 is 1.30 bits per heavy atom. The molecule has 4 rings (SSSR count). The highest BCUT2D eigenvalue weighted by Gasteiger charge is 2.40. The topological polar surface area (TPSA) is 79.4 Å². The zero-order valence-corrected chi connectivity index (χ0v) is 16.9. The van der Waals surface area contributed by atoms with Gasteiger partial charge in [-0.1, -0.05) is 22.9 Å². The first-order chi connectivity index (χ1) is 12.8. The molecule has 142 valence electrons. The fourth-order valence-electron chi connectivity index (χ4n) is 2.98. The molecule has 1 N–H and O–H groups in total. The molecule has 27 heavy (non-hydrogen) atoms. The molecule has 1 aliphatic heterocycles. The van der Waals surface area contributed by atoms with Crippen LogP contribution in [0.3, 0.4) is 0 Å². The van der Waals surface area contributed by atoms with Crippen LogP contribution in [0, 0.1) is 5.82 Å². The van der Waals surface area contributed by atoms with Crippen molar-refractivity contribution in [1.29, 1.82) is 0 Å². The number of hydrogen-bond donors (Lipinski definition) is 1. The number of carbonyl (C=O) groups is 1. The monoisotopic (exact) mass is 445 g/mol. The molecule has 2 aromatic heterocycles. The van der Waals surface area contributed by atoms with E-state index in [0.29, 0.717) is 32.5 Å². The molecule has 1 unspecified atom stereocenters. The van der Waals surface area contributed by atoms with Crippen molar-refractivity contribution in [1.82, 2.24) is 9.29 Å². The summed E-state index contributed by atoms with van der Waals surface area (Å²) in [7, 11) is -3.79. The van der Waals surface area contributed by atoms with Crippen LogP contribution in [-0.2, 0) is 14.8 Å².